The summed E-state index contributed by atoms with van der Waals surface area (Å²) in [6.45, 7) is 1.69. The van der Waals surface area contributed by atoms with E-state index in [-0.39, 0.29) is 24.2 Å². The minimum Gasteiger partial charge on any atom is -0.506 e. The maximum absolute atomic E-state index is 13.1. The van der Waals surface area contributed by atoms with Crippen molar-refractivity contribution in [1.82, 2.24) is 14.7 Å². The molecular formula is C24H21N3O6. The second-order valence-corrected chi connectivity index (χ2v) is 6.96. The molecule has 9 nitrogen and oxygen atoms in total. The number of benzene rings is 1. The van der Waals surface area contributed by atoms with Gasteiger partial charge >= 0.3 is 11.5 Å². The van der Waals surface area contributed by atoms with E-state index in [1.54, 1.807) is 31.2 Å². The molecule has 0 fully saturated rings. The molecule has 168 valence electrons. The fraction of sp³-hybridized carbons (Fsp3) is 0.167. The first-order valence-electron chi connectivity index (χ1n) is 10.2. The zero-order valence-corrected chi connectivity index (χ0v) is 18.0. The highest BCUT2D eigenvalue weighted by Gasteiger charge is 2.25. The number of pyridine rings is 3. The summed E-state index contributed by atoms with van der Waals surface area (Å²) < 4.78 is 11.1. The molecule has 3 heterocycles. The van der Waals surface area contributed by atoms with Crippen molar-refractivity contribution in [3.63, 3.8) is 0 Å². The van der Waals surface area contributed by atoms with Gasteiger partial charge in [0.05, 0.1) is 24.8 Å². The number of fused-ring (bicyclic) bond motifs is 1. The van der Waals surface area contributed by atoms with Crippen LogP contribution >= 0.6 is 0 Å². The topological polar surface area (TPSA) is 113 Å². The summed E-state index contributed by atoms with van der Waals surface area (Å²) in [4.78, 5) is 40.0. The average Bonchev–Trinajstić information content (AvgIpc) is 2.84. The van der Waals surface area contributed by atoms with E-state index in [1.807, 2.05) is 30.3 Å². The molecular weight excluding hydrogens is 426 g/mol. The summed E-state index contributed by atoms with van der Waals surface area (Å²) in [6.07, 6.45) is 1.50. The molecule has 0 aliphatic heterocycles. The Kier molecular flexibility index (Phi) is 6.21. The zero-order chi connectivity index (χ0) is 23.4. The molecule has 3 aromatic heterocycles. The third-order valence-corrected chi connectivity index (χ3v) is 4.86. The van der Waals surface area contributed by atoms with Crippen molar-refractivity contribution in [3.8, 4) is 22.9 Å². The molecule has 0 amide bonds. The maximum Gasteiger partial charge on any atom is 0.347 e. The van der Waals surface area contributed by atoms with Gasteiger partial charge in [-0.25, -0.2) is 14.8 Å². The number of esters is 1. The van der Waals surface area contributed by atoms with E-state index >= 15 is 0 Å². The van der Waals surface area contributed by atoms with Crippen molar-refractivity contribution in [2.45, 2.75) is 13.5 Å². The van der Waals surface area contributed by atoms with Gasteiger partial charge in [-0.3, -0.25) is 4.79 Å². The van der Waals surface area contributed by atoms with Crippen molar-refractivity contribution >= 4 is 17.0 Å². The van der Waals surface area contributed by atoms with Gasteiger partial charge in [-0.05, 0) is 24.6 Å². The number of nitrogens with zero attached hydrogens (tertiary/aromatic N) is 3. The zero-order valence-electron chi connectivity index (χ0n) is 18.0. The highest BCUT2D eigenvalue weighted by atomic mass is 16.7. The SMILES string of the molecule is CCOC(=O)c1c(O)c2cc(-c3cccc(OC)n3)cnc2n(OCc2ccccc2)c1=O. The van der Waals surface area contributed by atoms with Crippen LogP contribution in [0.15, 0.2) is 65.6 Å². The fourth-order valence-electron chi connectivity index (χ4n) is 3.28. The van der Waals surface area contributed by atoms with Crippen molar-refractivity contribution in [2.24, 2.45) is 0 Å². The number of carbonyl (C=O) groups excluding carboxylic acids is 1. The number of aromatic nitrogens is 3. The minimum atomic E-state index is -0.955. The molecule has 4 rings (SSSR count). The Bertz CT molecular complexity index is 1370. The smallest absolute Gasteiger partial charge is 0.347 e. The van der Waals surface area contributed by atoms with E-state index in [1.165, 1.54) is 13.3 Å². The molecule has 1 N–H and O–H groups in total. The van der Waals surface area contributed by atoms with Crippen LogP contribution in [0.3, 0.4) is 0 Å². The second-order valence-electron chi connectivity index (χ2n) is 6.96. The Morgan fingerprint density at radius 3 is 2.64 bits per heavy atom. The lowest BCUT2D eigenvalue weighted by atomic mass is 10.1. The maximum atomic E-state index is 13.1. The number of rotatable bonds is 7. The highest BCUT2D eigenvalue weighted by molar-refractivity contribution is 5.99. The van der Waals surface area contributed by atoms with E-state index in [9.17, 15) is 14.7 Å². The van der Waals surface area contributed by atoms with Crippen molar-refractivity contribution < 1.29 is 24.2 Å². The van der Waals surface area contributed by atoms with Crippen molar-refractivity contribution in [3.05, 3.63) is 82.3 Å². The Morgan fingerprint density at radius 2 is 1.91 bits per heavy atom. The summed E-state index contributed by atoms with van der Waals surface area (Å²) in [5.41, 5.74) is 0.529. The average molecular weight is 447 g/mol. The minimum absolute atomic E-state index is 0.0344. The molecule has 0 saturated heterocycles. The van der Waals surface area contributed by atoms with Gasteiger partial charge in [0.15, 0.2) is 11.2 Å². The summed E-state index contributed by atoms with van der Waals surface area (Å²) in [5, 5.41) is 11.0. The van der Waals surface area contributed by atoms with Gasteiger partial charge in [0.1, 0.15) is 12.4 Å². The number of aromatic hydroxyl groups is 1. The second kappa shape index (κ2) is 9.39. The Balaban J connectivity index is 1.89. The van der Waals surface area contributed by atoms with Crippen molar-refractivity contribution in [2.75, 3.05) is 13.7 Å². The molecule has 0 radical (unpaired) electrons. The van der Waals surface area contributed by atoms with Crippen LogP contribution in [-0.4, -0.2) is 39.5 Å². The van der Waals surface area contributed by atoms with Crippen LogP contribution in [0.2, 0.25) is 0 Å². The van der Waals surface area contributed by atoms with Gasteiger partial charge in [-0.2, -0.15) is 0 Å². The molecule has 0 aliphatic carbocycles. The van der Waals surface area contributed by atoms with E-state index in [2.05, 4.69) is 9.97 Å². The van der Waals surface area contributed by atoms with Crippen LogP contribution < -0.4 is 15.1 Å². The molecule has 0 saturated carbocycles. The third-order valence-electron chi connectivity index (χ3n) is 4.86. The summed E-state index contributed by atoms with van der Waals surface area (Å²) >= 11 is 0. The molecule has 9 heteroatoms. The molecule has 0 unspecified atom stereocenters. The Labute approximate surface area is 188 Å². The first kappa shape index (κ1) is 21.8. The van der Waals surface area contributed by atoms with Crippen LogP contribution in [0.25, 0.3) is 22.3 Å². The lowest BCUT2D eigenvalue weighted by molar-refractivity contribution is 0.0508. The number of methoxy groups -OCH3 is 1. The molecule has 0 aliphatic rings. The lowest BCUT2D eigenvalue weighted by Gasteiger charge is -2.15. The van der Waals surface area contributed by atoms with E-state index < -0.39 is 22.8 Å². The van der Waals surface area contributed by atoms with Crippen LogP contribution in [0, 0.1) is 0 Å². The third kappa shape index (κ3) is 4.33. The molecule has 0 bridgehead atoms. The summed E-state index contributed by atoms with van der Waals surface area (Å²) in [7, 11) is 1.50. The van der Waals surface area contributed by atoms with Gasteiger partial charge in [0.2, 0.25) is 5.88 Å². The quantitative estimate of drug-likeness (QED) is 0.430. The van der Waals surface area contributed by atoms with Gasteiger partial charge in [0, 0.05) is 17.8 Å². The van der Waals surface area contributed by atoms with Gasteiger partial charge < -0.3 is 19.4 Å². The fourth-order valence-corrected chi connectivity index (χ4v) is 3.28. The first-order chi connectivity index (χ1) is 16.0. The van der Waals surface area contributed by atoms with E-state index in [4.69, 9.17) is 14.3 Å². The number of hydrogen-bond acceptors (Lipinski definition) is 8. The monoisotopic (exact) mass is 447 g/mol. The predicted molar refractivity (Wildman–Crippen MR) is 120 cm³/mol. The van der Waals surface area contributed by atoms with Gasteiger partial charge in [0.25, 0.3) is 0 Å². The highest BCUT2D eigenvalue weighted by Crippen LogP contribution is 2.30. The molecule has 33 heavy (non-hydrogen) atoms. The lowest BCUT2D eigenvalue weighted by Crippen LogP contribution is -2.32. The van der Waals surface area contributed by atoms with E-state index in [0.717, 1.165) is 10.3 Å². The summed E-state index contributed by atoms with van der Waals surface area (Å²) in [5.74, 6) is -1.09. The standard InChI is InChI=1S/C24H21N3O6/c1-3-32-24(30)20-21(28)17-12-16(18-10-7-11-19(26-18)31-2)13-25-22(17)27(23(20)29)33-14-15-8-5-4-6-9-15/h4-13,28H,3,14H2,1-2H3. The van der Waals surface area contributed by atoms with Gasteiger partial charge in [-0.15, -0.1) is 4.73 Å². The molecule has 0 atom stereocenters. The summed E-state index contributed by atoms with van der Waals surface area (Å²) in [6, 6.07) is 16.0. The van der Waals surface area contributed by atoms with Gasteiger partial charge in [-0.1, -0.05) is 36.4 Å². The molecule has 1 aromatic carbocycles. The van der Waals surface area contributed by atoms with Crippen LogP contribution in [-0.2, 0) is 11.3 Å². The normalized spacial score (nSPS) is 10.7. The van der Waals surface area contributed by atoms with Crippen molar-refractivity contribution in [1.29, 1.82) is 0 Å². The number of carbonyl (C=O) groups is 1. The number of ether oxygens (including phenoxy) is 2. The molecule has 0 spiro atoms. The molecule has 4 aromatic rings. The number of hydrogen-bond donors (Lipinski definition) is 1. The largest absolute Gasteiger partial charge is 0.506 e. The van der Waals surface area contributed by atoms with Crippen LogP contribution in [0.4, 0.5) is 0 Å². The van der Waals surface area contributed by atoms with E-state index in [0.29, 0.717) is 17.1 Å². The Hall–Kier alpha value is -4.40. The van der Waals surface area contributed by atoms with Crippen LogP contribution in [0.5, 0.6) is 11.6 Å². The van der Waals surface area contributed by atoms with Crippen LogP contribution in [0.1, 0.15) is 22.8 Å². The predicted octanol–water partition coefficient (Wildman–Crippen LogP) is 2.98. The first-order valence-corrected chi connectivity index (χ1v) is 10.2. The Morgan fingerprint density at radius 1 is 1.12 bits per heavy atom.